The van der Waals surface area contributed by atoms with Crippen LogP contribution in [0, 0.1) is 11.3 Å². The van der Waals surface area contributed by atoms with Crippen LogP contribution in [0.4, 0.5) is 5.69 Å². The van der Waals surface area contributed by atoms with E-state index in [0.29, 0.717) is 31.6 Å². The molecular formula is C22H24N6O2S. The molecule has 0 amide bonds. The molecule has 0 saturated carbocycles. The zero-order valence-corrected chi connectivity index (χ0v) is 18.0. The second-order valence-electron chi connectivity index (χ2n) is 7.73. The average Bonchev–Trinajstić information content (AvgIpc) is 3.20. The van der Waals surface area contributed by atoms with Crippen molar-refractivity contribution in [1.82, 2.24) is 19.8 Å². The number of hydrogen-bond donors (Lipinski definition) is 2. The van der Waals surface area contributed by atoms with Gasteiger partial charge in [0.15, 0.2) is 0 Å². The van der Waals surface area contributed by atoms with Crippen molar-refractivity contribution in [1.29, 1.82) is 5.26 Å². The van der Waals surface area contributed by atoms with E-state index in [1.54, 1.807) is 17.4 Å². The summed E-state index contributed by atoms with van der Waals surface area (Å²) in [4.78, 5) is 12.2. The summed E-state index contributed by atoms with van der Waals surface area (Å²) in [6, 6.07) is 17.6. The standard InChI is InChI=1S/C22H24N6O2S/c1-31(29,30)26-28-13-19-9-18(11-23)7-8-22(19)27(14-20-12-24-16-25-20)15-21(28)10-17-5-3-2-4-6-17/h2-9,12,16,21,26H,10,13-15H2,1H3,(H,24,25)/t21-/m1/s1. The Labute approximate surface area is 182 Å². The largest absolute Gasteiger partial charge is 0.364 e. The highest BCUT2D eigenvalue weighted by molar-refractivity contribution is 7.88. The maximum absolute atomic E-state index is 12.1. The number of hydrogen-bond acceptors (Lipinski definition) is 6. The topological polar surface area (TPSA) is 105 Å². The van der Waals surface area contributed by atoms with Crippen molar-refractivity contribution < 1.29 is 8.42 Å². The summed E-state index contributed by atoms with van der Waals surface area (Å²) >= 11 is 0. The van der Waals surface area contributed by atoms with Crippen LogP contribution in [0.2, 0.25) is 0 Å². The maximum Gasteiger partial charge on any atom is 0.221 e. The zero-order valence-electron chi connectivity index (χ0n) is 17.2. The molecule has 2 N–H and O–H groups in total. The van der Waals surface area contributed by atoms with Crippen molar-refractivity contribution >= 4 is 15.7 Å². The van der Waals surface area contributed by atoms with E-state index in [9.17, 15) is 13.7 Å². The number of aromatic amines is 1. The van der Waals surface area contributed by atoms with Crippen LogP contribution >= 0.6 is 0 Å². The monoisotopic (exact) mass is 436 g/mol. The van der Waals surface area contributed by atoms with Gasteiger partial charge in [0, 0.05) is 31.0 Å². The van der Waals surface area contributed by atoms with Gasteiger partial charge < -0.3 is 9.88 Å². The van der Waals surface area contributed by atoms with Crippen molar-refractivity contribution in [3.63, 3.8) is 0 Å². The molecule has 2 aromatic carbocycles. The van der Waals surface area contributed by atoms with Crippen LogP contribution in [-0.2, 0) is 29.5 Å². The van der Waals surface area contributed by atoms with Gasteiger partial charge in [-0.05, 0) is 35.7 Å². The Balaban J connectivity index is 1.75. The molecule has 9 heteroatoms. The predicted molar refractivity (Wildman–Crippen MR) is 118 cm³/mol. The minimum Gasteiger partial charge on any atom is -0.364 e. The number of nitrogens with one attached hydrogen (secondary N) is 2. The first-order valence-corrected chi connectivity index (χ1v) is 11.8. The number of sulfonamides is 1. The number of fused-ring (bicyclic) bond motifs is 1. The van der Waals surface area contributed by atoms with E-state index in [4.69, 9.17) is 0 Å². The highest BCUT2D eigenvalue weighted by atomic mass is 32.2. The second kappa shape index (κ2) is 8.89. The summed E-state index contributed by atoms with van der Waals surface area (Å²) in [5.74, 6) is 0. The van der Waals surface area contributed by atoms with Gasteiger partial charge in [0.1, 0.15) is 0 Å². The number of benzene rings is 2. The van der Waals surface area contributed by atoms with Gasteiger partial charge in [-0.25, -0.2) is 18.4 Å². The lowest BCUT2D eigenvalue weighted by Gasteiger charge is -2.32. The number of nitriles is 1. The van der Waals surface area contributed by atoms with Gasteiger partial charge in [0.2, 0.25) is 10.0 Å². The minimum atomic E-state index is -3.48. The third kappa shape index (κ3) is 5.30. The summed E-state index contributed by atoms with van der Waals surface area (Å²) in [5, 5.41) is 11.1. The number of imidazole rings is 1. The summed E-state index contributed by atoms with van der Waals surface area (Å²) in [6.07, 6.45) is 5.32. The first-order chi connectivity index (χ1) is 14.9. The number of nitrogens with zero attached hydrogens (tertiary/aromatic N) is 4. The van der Waals surface area contributed by atoms with Crippen LogP contribution in [0.3, 0.4) is 0 Å². The Morgan fingerprint density at radius 1 is 1.26 bits per heavy atom. The number of H-pyrrole nitrogens is 1. The molecule has 160 valence electrons. The SMILES string of the molecule is CS(=O)(=O)NN1Cc2cc(C#N)ccc2N(Cc2c[nH]cn2)C[C@H]1Cc1ccccc1. The Morgan fingerprint density at radius 3 is 2.74 bits per heavy atom. The third-order valence-corrected chi connectivity index (χ3v) is 5.83. The summed E-state index contributed by atoms with van der Waals surface area (Å²) in [5.41, 5.74) is 4.41. The molecule has 31 heavy (non-hydrogen) atoms. The van der Waals surface area contributed by atoms with Gasteiger partial charge in [0.05, 0.1) is 36.5 Å². The third-order valence-electron chi connectivity index (χ3n) is 5.27. The van der Waals surface area contributed by atoms with Gasteiger partial charge in [-0.15, -0.1) is 4.83 Å². The first-order valence-electron chi connectivity index (χ1n) is 9.95. The van der Waals surface area contributed by atoms with Gasteiger partial charge in [-0.1, -0.05) is 30.3 Å². The molecule has 1 aromatic heterocycles. The van der Waals surface area contributed by atoms with E-state index >= 15 is 0 Å². The van der Waals surface area contributed by atoms with Crippen molar-refractivity contribution in [3.8, 4) is 6.07 Å². The molecule has 0 saturated heterocycles. The summed E-state index contributed by atoms with van der Waals surface area (Å²) < 4.78 is 24.3. The van der Waals surface area contributed by atoms with E-state index in [2.05, 4.69) is 25.8 Å². The number of hydrazine groups is 1. The van der Waals surface area contributed by atoms with Crippen molar-refractivity contribution in [2.45, 2.75) is 25.6 Å². The van der Waals surface area contributed by atoms with Gasteiger partial charge in [0.25, 0.3) is 0 Å². The van der Waals surface area contributed by atoms with E-state index in [1.165, 1.54) is 0 Å². The Bertz CT molecular complexity index is 1170. The molecule has 8 nitrogen and oxygen atoms in total. The Hall–Kier alpha value is -3.19. The lowest BCUT2D eigenvalue weighted by Crippen LogP contribution is -2.51. The normalized spacial score (nSPS) is 17.0. The first kappa shape index (κ1) is 21.1. The van der Waals surface area contributed by atoms with E-state index < -0.39 is 10.0 Å². The van der Waals surface area contributed by atoms with Crippen LogP contribution in [-0.4, -0.2) is 42.2 Å². The number of aromatic nitrogens is 2. The molecule has 0 bridgehead atoms. The molecule has 0 spiro atoms. The molecular weight excluding hydrogens is 412 g/mol. The molecule has 3 aromatic rings. The van der Waals surface area contributed by atoms with Crippen LogP contribution in [0.1, 0.15) is 22.4 Å². The van der Waals surface area contributed by atoms with Crippen LogP contribution < -0.4 is 9.73 Å². The Morgan fingerprint density at radius 2 is 2.06 bits per heavy atom. The fourth-order valence-electron chi connectivity index (χ4n) is 3.96. The average molecular weight is 437 g/mol. The van der Waals surface area contributed by atoms with Crippen molar-refractivity contribution in [2.75, 3.05) is 17.7 Å². The highest BCUT2D eigenvalue weighted by Crippen LogP contribution is 2.30. The molecule has 0 aliphatic carbocycles. The molecule has 1 atom stereocenters. The van der Waals surface area contributed by atoms with Gasteiger partial charge >= 0.3 is 0 Å². The van der Waals surface area contributed by atoms with Crippen molar-refractivity contribution in [2.24, 2.45) is 0 Å². The minimum absolute atomic E-state index is 0.131. The van der Waals surface area contributed by atoms with Gasteiger partial charge in [-0.2, -0.15) is 5.26 Å². The molecule has 0 unspecified atom stereocenters. The smallest absolute Gasteiger partial charge is 0.221 e. The highest BCUT2D eigenvalue weighted by Gasteiger charge is 2.30. The van der Waals surface area contributed by atoms with E-state index in [0.717, 1.165) is 28.8 Å². The van der Waals surface area contributed by atoms with E-state index in [-0.39, 0.29) is 6.04 Å². The summed E-state index contributed by atoms with van der Waals surface area (Å²) in [7, 11) is -3.48. The quantitative estimate of drug-likeness (QED) is 0.614. The molecule has 1 aliphatic rings. The molecule has 0 radical (unpaired) electrons. The van der Waals surface area contributed by atoms with Crippen LogP contribution in [0.5, 0.6) is 0 Å². The second-order valence-corrected chi connectivity index (χ2v) is 9.46. The van der Waals surface area contributed by atoms with Crippen LogP contribution in [0.15, 0.2) is 61.1 Å². The Kier molecular flexibility index (Phi) is 6.04. The molecule has 0 fully saturated rings. The fraction of sp³-hybridized carbons (Fsp3) is 0.273. The van der Waals surface area contributed by atoms with Crippen LogP contribution in [0.25, 0.3) is 0 Å². The fourth-order valence-corrected chi connectivity index (χ4v) is 4.60. The van der Waals surface area contributed by atoms with Crippen molar-refractivity contribution in [3.05, 3.63) is 83.4 Å². The van der Waals surface area contributed by atoms with E-state index in [1.807, 2.05) is 48.7 Å². The number of rotatable bonds is 6. The molecule has 2 heterocycles. The van der Waals surface area contributed by atoms with Gasteiger partial charge in [-0.3, -0.25) is 0 Å². The zero-order chi connectivity index (χ0) is 21.8. The predicted octanol–water partition coefficient (Wildman–Crippen LogP) is 2.18. The molecule has 1 aliphatic heterocycles. The molecule has 4 rings (SSSR count). The lowest BCUT2D eigenvalue weighted by atomic mass is 10.1. The maximum atomic E-state index is 12.1. The lowest BCUT2D eigenvalue weighted by molar-refractivity contribution is 0.164. The number of anilines is 1. The summed E-state index contributed by atoms with van der Waals surface area (Å²) in [6.45, 7) is 1.51.